The summed E-state index contributed by atoms with van der Waals surface area (Å²) in [5, 5.41) is 3.59. The SMILES string of the molecule is C#CCN1CCC(Nc2ccc(N(CC)CC)nc2)CC1. The lowest BCUT2D eigenvalue weighted by Crippen LogP contribution is -2.39. The first-order valence-electron chi connectivity index (χ1n) is 7.90. The summed E-state index contributed by atoms with van der Waals surface area (Å²) >= 11 is 0. The van der Waals surface area contributed by atoms with Gasteiger partial charge < -0.3 is 10.2 Å². The van der Waals surface area contributed by atoms with Gasteiger partial charge in [0.25, 0.3) is 0 Å². The smallest absolute Gasteiger partial charge is 0.128 e. The molecule has 4 heteroatoms. The molecule has 1 aromatic heterocycles. The summed E-state index contributed by atoms with van der Waals surface area (Å²) in [4.78, 5) is 9.14. The lowest BCUT2D eigenvalue weighted by Gasteiger charge is -2.31. The zero-order valence-corrected chi connectivity index (χ0v) is 13.2. The van der Waals surface area contributed by atoms with Crippen molar-refractivity contribution in [2.24, 2.45) is 0 Å². The summed E-state index contributed by atoms with van der Waals surface area (Å²) in [7, 11) is 0. The Morgan fingerprint density at radius 2 is 2.05 bits per heavy atom. The molecule has 0 aliphatic carbocycles. The second-order valence-corrected chi connectivity index (χ2v) is 5.48. The molecule has 2 heterocycles. The zero-order valence-electron chi connectivity index (χ0n) is 13.2. The molecule has 1 fully saturated rings. The van der Waals surface area contributed by atoms with Gasteiger partial charge in [0.1, 0.15) is 5.82 Å². The van der Waals surface area contributed by atoms with Gasteiger partial charge in [-0.05, 0) is 38.8 Å². The minimum atomic E-state index is 0.528. The topological polar surface area (TPSA) is 31.4 Å². The molecule has 1 saturated heterocycles. The predicted molar refractivity (Wildman–Crippen MR) is 89.7 cm³/mol. The van der Waals surface area contributed by atoms with Crippen LogP contribution in [0, 0.1) is 12.3 Å². The third kappa shape index (κ3) is 4.37. The summed E-state index contributed by atoms with van der Waals surface area (Å²) in [6.45, 7) is 9.21. The molecule has 0 bridgehead atoms. The maximum Gasteiger partial charge on any atom is 0.128 e. The molecule has 114 valence electrons. The van der Waals surface area contributed by atoms with Crippen LogP contribution in [-0.2, 0) is 0 Å². The van der Waals surface area contributed by atoms with E-state index in [9.17, 15) is 0 Å². The number of likely N-dealkylation sites (tertiary alicyclic amines) is 1. The first kappa shape index (κ1) is 15.7. The average Bonchev–Trinajstić information content (AvgIpc) is 2.52. The van der Waals surface area contributed by atoms with E-state index in [1.54, 1.807) is 0 Å². The Labute approximate surface area is 128 Å². The van der Waals surface area contributed by atoms with Crippen LogP contribution >= 0.6 is 0 Å². The first-order valence-corrected chi connectivity index (χ1v) is 7.90. The number of nitrogens with one attached hydrogen (secondary N) is 1. The van der Waals surface area contributed by atoms with Crippen molar-refractivity contribution in [3.05, 3.63) is 18.3 Å². The fraction of sp³-hybridized carbons (Fsp3) is 0.588. The average molecular weight is 286 g/mol. The molecule has 4 nitrogen and oxygen atoms in total. The minimum Gasteiger partial charge on any atom is -0.381 e. The van der Waals surface area contributed by atoms with Gasteiger partial charge in [0.05, 0.1) is 18.4 Å². The van der Waals surface area contributed by atoms with E-state index in [4.69, 9.17) is 6.42 Å². The van der Waals surface area contributed by atoms with Crippen LogP contribution in [0.2, 0.25) is 0 Å². The van der Waals surface area contributed by atoms with Gasteiger partial charge >= 0.3 is 0 Å². The third-order valence-electron chi connectivity index (χ3n) is 4.11. The van der Waals surface area contributed by atoms with Gasteiger partial charge in [0, 0.05) is 32.2 Å². The molecule has 1 N–H and O–H groups in total. The summed E-state index contributed by atoms with van der Waals surface area (Å²) in [5.74, 6) is 3.77. The van der Waals surface area contributed by atoms with E-state index in [2.05, 4.69) is 52.0 Å². The van der Waals surface area contributed by atoms with Crippen molar-refractivity contribution >= 4 is 11.5 Å². The predicted octanol–water partition coefficient (Wildman–Crippen LogP) is 2.44. The lowest BCUT2D eigenvalue weighted by atomic mass is 10.0. The Morgan fingerprint density at radius 1 is 1.33 bits per heavy atom. The number of anilines is 2. The molecule has 2 rings (SSSR count). The summed E-state index contributed by atoms with van der Waals surface area (Å²) in [5.41, 5.74) is 1.11. The van der Waals surface area contributed by atoms with Crippen LogP contribution in [0.15, 0.2) is 18.3 Å². The van der Waals surface area contributed by atoms with Crippen molar-refractivity contribution < 1.29 is 0 Å². The van der Waals surface area contributed by atoms with E-state index in [-0.39, 0.29) is 0 Å². The molecule has 0 amide bonds. The number of pyridine rings is 1. The molecular formula is C17H26N4. The second kappa shape index (κ2) is 7.90. The minimum absolute atomic E-state index is 0.528. The van der Waals surface area contributed by atoms with Gasteiger partial charge in [-0.1, -0.05) is 5.92 Å². The maximum atomic E-state index is 5.36. The van der Waals surface area contributed by atoms with Crippen molar-refractivity contribution in [2.75, 3.05) is 42.9 Å². The standard InChI is InChI=1S/C17H26N4/c1-4-11-20-12-9-15(10-13-20)19-16-7-8-17(18-14-16)21(5-2)6-3/h1,7-8,14-15,19H,5-6,9-13H2,2-3H3. The van der Waals surface area contributed by atoms with E-state index in [1.807, 2.05) is 6.20 Å². The quantitative estimate of drug-likeness (QED) is 0.814. The molecule has 0 aromatic carbocycles. The Kier molecular flexibility index (Phi) is 5.89. The Balaban J connectivity index is 1.85. The van der Waals surface area contributed by atoms with E-state index >= 15 is 0 Å². The normalized spacial score (nSPS) is 16.4. The molecule has 21 heavy (non-hydrogen) atoms. The Hall–Kier alpha value is -1.73. The van der Waals surface area contributed by atoms with Crippen molar-refractivity contribution in [1.29, 1.82) is 0 Å². The van der Waals surface area contributed by atoms with Crippen LogP contribution in [0.25, 0.3) is 0 Å². The van der Waals surface area contributed by atoms with E-state index in [0.717, 1.165) is 57.1 Å². The van der Waals surface area contributed by atoms with Gasteiger partial charge in [-0.25, -0.2) is 4.98 Å². The number of nitrogens with zero attached hydrogens (tertiary/aromatic N) is 3. The van der Waals surface area contributed by atoms with Gasteiger partial charge in [-0.15, -0.1) is 6.42 Å². The number of aromatic nitrogens is 1. The van der Waals surface area contributed by atoms with Crippen LogP contribution in [0.4, 0.5) is 11.5 Å². The molecule has 0 radical (unpaired) electrons. The largest absolute Gasteiger partial charge is 0.381 e. The van der Waals surface area contributed by atoms with Crippen molar-refractivity contribution in [1.82, 2.24) is 9.88 Å². The molecule has 0 saturated carbocycles. The zero-order chi connectivity index (χ0) is 15.1. The molecule has 1 aromatic rings. The Morgan fingerprint density at radius 3 is 2.57 bits per heavy atom. The van der Waals surface area contributed by atoms with Crippen molar-refractivity contribution in [3.8, 4) is 12.3 Å². The highest BCUT2D eigenvalue weighted by Gasteiger charge is 2.18. The van der Waals surface area contributed by atoms with Crippen LogP contribution in [0.5, 0.6) is 0 Å². The highest BCUT2D eigenvalue weighted by atomic mass is 15.2. The van der Waals surface area contributed by atoms with Gasteiger partial charge in [-0.3, -0.25) is 4.90 Å². The molecule has 1 aliphatic rings. The highest BCUT2D eigenvalue weighted by Crippen LogP contribution is 2.18. The molecule has 1 aliphatic heterocycles. The highest BCUT2D eigenvalue weighted by molar-refractivity contribution is 5.49. The van der Waals surface area contributed by atoms with Crippen molar-refractivity contribution in [2.45, 2.75) is 32.7 Å². The summed E-state index contributed by atoms with van der Waals surface area (Å²) in [6.07, 6.45) is 9.58. The van der Waals surface area contributed by atoms with E-state index in [1.165, 1.54) is 0 Å². The fourth-order valence-electron chi connectivity index (χ4n) is 2.81. The lowest BCUT2D eigenvalue weighted by molar-refractivity contribution is 0.243. The third-order valence-corrected chi connectivity index (χ3v) is 4.11. The number of hydrogen-bond donors (Lipinski definition) is 1. The van der Waals surface area contributed by atoms with Crippen molar-refractivity contribution in [3.63, 3.8) is 0 Å². The first-order chi connectivity index (χ1) is 10.3. The molecule has 0 atom stereocenters. The summed E-state index contributed by atoms with van der Waals surface area (Å²) in [6, 6.07) is 4.76. The molecule has 0 spiro atoms. The fourth-order valence-corrected chi connectivity index (χ4v) is 2.81. The van der Waals surface area contributed by atoms with Crippen LogP contribution < -0.4 is 10.2 Å². The molecule has 0 unspecified atom stereocenters. The van der Waals surface area contributed by atoms with Crippen LogP contribution in [0.3, 0.4) is 0 Å². The molecular weight excluding hydrogens is 260 g/mol. The van der Waals surface area contributed by atoms with Crippen LogP contribution in [0.1, 0.15) is 26.7 Å². The van der Waals surface area contributed by atoms with Gasteiger partial charge in [0.15, 0.2) is 0 Å². The number of terminal acetylenes is 1. The Bertz CT molecular complexity index is 451. The number of hydrogen-bond acceptors (Lipinski definition) is 4. The van der Waals surface area contributed by atoms with Gasteiger partial charge in [-0.2, -0.15) is 0 Å². The number of rotatable bonds is 6. The monoisotopic (exact) mass is 286 g/mol. The van der Waals surface area contributed by atoms with E-state index < -0.39 is 0 Å². The van der Waals surface area contributed by atoms with Crippen LogP contribution in [-0.4, -0.2) is 48.6 Å². The second-order valence-electron chi connectivity index (χ2n) is 5.48. The van der Waals surface area contributed by atoms with E-state index in [0.29, 0.717) is 6.04 Å². The van der Waals surface area contributed by atoms with Gasteiger partial charge in [0.2, 0.25) is 0 Å². The summed E-state index contributed by atoms with van der Waals surface area (Å²) < 4.78 is 0. The maximum absolute atomic E-state index is 5.36. The number of piperidine rings is 1.